The van der Waals surface area contributed by atoms with Crippen molar-refractivity contribution in [3.63, 3.8) is 0 Å². The molecular weight excluding hydrogens is 432 g/mol. The third-order valence-electron chi connectivity index (χ3n) is 7.13. The van der Waals surface area contributed by atoms with Crippen molar-refractivity contribution in [3.8, 4) is 11.5 Å². The molecule has 0 N–H and O–H groups in total. The average Bonchev–Trinajstić information content (AvgIpc) is 2.82. The molecule has 4 atom stereocenters. The van der Waals surface area contributed by atoms with Crippen LogP contribution in [0.25, 0.3) is 0 Å². The average molecular weight is 459 g/mol. The van der Waals surface area contributed by atoms with Crippen LogP contribution in [0.15, 0.2) is 41.5 Å². The van der Waals surface area contributed by atoms with Crippen molar-refractivity contribution >= 4 is 21.7 Å². The summed E-state index contributed by atoms with van der Waals surface area (Å²) in [5.74, 6) is -1.00. The number of allylic oxidation sites excluding steroid dienone is 2. The number of ketones is 2. The van der Waals surface area contributed by atoms with Crippen molar-refractivity contribution in [1.82, 2.24) is 0 Å². The molecule has 3 aliphatic carbocycles. The fourth-order valence-electron chi connectivity index (χ4n) is 6.04. The lowest BCUT2D eigenvalue weighted by atomic mass is 9.51. The fraction of sp³-hybridized carbons (Fsp3) is 0.500. The van der Waals surface area contributed by atoms with Crippen LogP contribution in [-0.2, 0) is 19.6 Å². The Morgan fingerprint density at radius 3 is 2.62 bits per heavy atom. The van der Waals surface area contributed by atoms with Gasteiger partial charge in [-0.05, 0) is 46.2 Å². The van der Waals surface area contributed by atoms with Gasteiger partial charge in [-0.15, -0.1) is 0 Å². The largest absolute Gasteiger partial charge is 0.478 e. The van der Waals surface area contributed by atoms with E-state index in [1.54, 1.807) is 18.2 Å². The van der Waals surface area contributed by atoms with Crippen molar-refractivity contribution in [1.29, 1.82) is 0 Å². The summed E-state index contributed by atoms with van der Waals surface area (Å²) in [6.45, 7) is 7.78. The first-order chi connectivity index (χ1) is 14.8. The fourth-order valence-corrected chi connectivity index (χ4v) is 6.50. The highest BCUT2D eigenvalue weighted by atomic mass is 32.2. The monoisotopic (exact) mass is 458 g/mol. The van der Waals surface area contributed by atoms with Crippen LogP contribution in [0.4, 0.5) is 0 Å². The van der Waals surface area contributed by atoms with Gasteiger partial charge in [-0.3, -0.25) is 9.59 Å². The van der Waals surface area contributed by atoms with E-state index in [0.717, 1.165) is 11.8 Å². The molecule has 0 aromatic heterocycles. The summed E-state index contributed by atoms with van der Waals surface area (Å²) in [6.07, 6.45) is 5.41. The Morgan fingerprint density at radius 2 is 1.97 bits per heavy atom. The number of Topliss-reactive ketones (excluding diaryl/α,β-unsaturated/α-hetero) is 2. The summed E-state index contributed by atoms with van der Waals surface area (Å²) < 4.78 is 41.8. The van der Waals surface area contributed by atoms with E-state index in [4.69, 9.17) is 13.7 Å². The van der Waals surface area contributed by atoms with Crippen LogP contribution in [0.3, 0.4) is 0 Å². The minimum atomic E-state index is -3.86. The van der Waals surface area contributed by atoms with Gasteiger partial charge < -0.3 is 13.7 Å². The van der Waals surface area contributed by atoms with E-state index in [-0.39, 0.29) is 34.5 Å². The summed E-state index contributed by atoms with van der Waals surface area (Å²) in [4.78, 5) is 27.5. The highest BCUT2D eigenvalue weighted by Gasteiger charge is 2.81. The Kier molecular flexibility index (Phi) is 4.23. The molecule has 2 heterocycles. The summed E-state index contributed by atoms with van der Waals surface area (Å²) >= 11 is 0. The second kappa shape index (κ2) is 6.32. The maximum Gasteiger partial charge on any atom is 0.306 e. The lowest BCUT2D eigenvalue weighted by molar-refractivity contribution is -0.171. The van der Waals surface area contributed by atoms with E-state index in [1.807, 2.05) is 33.8 Å². The summed E-state index contributed by atoms with van der Waals surface area (Å²) in [5.41, 5.74) is -1.84. The molecule has 7 nitrogen and oxygen atoms in total. The number of ether oxygens (including phenoxy) is 2. The minimum absolute atomic E-state index is 0.0596. The Hall–Kier alpha value is -2.45. The van der Waals surface area contributed by atoms with Crippen molar-refractivity contribution in [2.24, 2.45) is 11.8 Å². The Morgan fingerprint density at radius 1 is 1.25 bits per heavy atom. The van der Waals surface area contributed by atoms with E-state index >= 15 is 0 Å². The molecule has 1 aromatic rings. The molecule has 2 fully saturated rings. The first kappa shape index (κ1) is 21.4. The van der Waals surface area contributed by atoms with E-state index in [0.29, 0.717) is 18.4 Å². The number of carbonyl (C=O) groups is 2. The number of benzene rings is 1. The van der Waals surface area contributed by atoms with E-state index in [1.165, 1.54) is 6.07 Å². The van der Waals surface area contributed by atoms with Gasteiger partial charge in [0.15, 0.2) is 28.5 Å². The van der Waals surface area contributed by atoms with Crippen molar-refractivity contribution in [3.05, 3.63) is 47.1 Å². The molecule has 0 radical (unpaired) electrons. The third kappa shape index (κ3) is 2.59. The van der Waals surface area contributed by atoms with Crippen LogP contribution < -0.4 is 8.92 Å². The zero-order valence-corrected chi connectivity index (χ0v) is 19.5. The maximum atomic E-state index is 13.9. The number of fused-ring (bicyclic) bond motifs is 1. The molecule has 8 heteroatoms. The van der Waals surface area contributed by atoms with Gasteiger partial charge in [-0.25, -0.2) is 0 Å². The van der Waals surface area contributed by atoms with E-state index in [2.05, 4.69) is 0 Å². The number of hydrogen-bond acceptors (Lipinski definition) is 7. The molecule has 4 unspecified atom stereocenters. The van der Waals surface area contributed by atoms with Crippen LogP contribution >= 0.6 is 0 Å². The van der Waals surface area contributed by atoms with Gasteiger partial charge in [0.1, 0.15) is 11.3 Å². The molecular formula is C24H26O7S. The van der Waals surface area contributed by atoms with E-state index < -0.39 is 32.8 Å². The topological polar surface area (TPSA) is 96.0 Å². The van der Waals surface area contributed by atoms with Crippen LogP contribution in [-0.4, -0.2) is 43.0 Å². The Labute approximate surface area is 187 Å². The first-order valence-electron chi connectivity index (χ1n) is 10.7. The van der Waals surface area contributed by atoms with Gasteiger partial charge in [0.25, 0.3) is 0 Å². The second-order valence-corrected chi connectivity index (χ2v) is 11.5. The highest BCUT2D eigenvalue weighted by molar-refractivity contribution is 7.86. The zero-order chi connectivity index (χ0) is 23.3. The lowest BCUT2D eigenvalue weighted by Crippen LogP contribution is -2.72. The van der Waals surface area contributed by atoms with Gasteiger partial charge in [0.05, 0.1) is 11.9 Å². The molecule has 170 valence electrons. The molecule has 1 aromatic carbocycles. The van der Waals surface area contributed by atoms with Gasteiger partial charge in [0.2, 0.25) is 0 Å². The van der Waals surface area contributed by atoms with Crippen LogP contribution in [0, 0.1) is 11.8 Å². The molecule has 1 saturated carbocycles. The summed E-state index contributed by atoms with van der Waals surface area (Å²) in [6, 6.07) is 4.62. The Balaban J connectivity index is 1.77. The third-order valence-corrected chi connectivity index (χ3v) is 7.61. The minimum Gasteiger partial charge on any atom is -0.478 e. The van der Waals surface area contributed by atoms with Crippen molar-refractivity contribution in [2.45, 2.75) is 57.3 Å². The molecule has 1 saturated heterocycles. The van der Waals surface area contributed by atoms with Crippen molar-refractivity contribution < 1.29 is 31.7 Å². The highest BCUT2D eigenvalue weighted by Crippen LogP contribution is 2.67. The van der Waals surface area contributed by atoms with Crippen molar-refractivity contribution in [2.75, 3.05) is 6.26 Å². The van der Waals surface area contributed by atoms with E-state index in [9.17, 15) is 18.0 Å². The number of rotatable bonds is 4. The molecule has 2 aliphatic heterocycles. The lowest BCUT2D eigenvalue weighted by Gasteiger charge is -2.56. The summed E-state index contributed by atoms with van der Waals surface area (Å²) in [5, 5.41) is 0. The molecule has 5 aliphatic rings. The summed E-state index contributed by atoms with van der Waals surface area (Å²) in [7, 11) is -3.86. The zero-order valence-electron chi connectivity index (χ0n) is 18.7. The molecule has 32 heavy (non-hydrogen) atoms. The number of hydrogen-bond donors (Lipinski definition) is 0. The predicted octanol–water partition coefficient (Wildman–Crippen LogP) is 3.39. The smallest absolute Gasteiger partial charge is 0.306 e. The van der Waals surface area contributed by atoms with Gasteiger partial charge in [-0.2, -0.15) is 8.42 Å². The van der Waals surface area contributed by atoms with Gasteiger partial charge in [-0.1, -0.05) is 23.8 Å². The predicted molar refractivity (Wildman–Crippen MR) is 116 cm³/mol. The SMILES string of the molecule is CC(C)=CCC12OC(C)(C)C3CC(C=C4C(=O)c5c(cccc5OS(C)(=O)=O)OC431)C2=O. The molecule has 4 bridgehead atoms. The molecule has 0 amide bonds. The van der Waals surface area contributed by atoms with Crippen LogP contribution in [0.2, 0.25) is 0 Å². The number of carbonyl (C=O) groups excluding carboxylic acids is 2. The standard InChI is InChI=1S/C24H26O7S/c1-13(2)9-10-23-21(26)14-11-15-20(25)19-16(7-6-8-17(19)30-32(5,27)28)29-24(15,23)18(12-14)22(3,4)31-23/h6-9,11,14,18H,10,12H2,1-5H3. The molecule has 6 rings (SSSR count). The normalized spacial score (nSPS) is 33.7. The maximum absolute atomic E-state index is 13.9. The van der Waals surface area contributed by atoms with Gasteiger partial charge in [0, 0.05) is 23.8 Å². The first-order valence-corrected chi connectivity index (χ1v) is 12.5. The Bertz CT molecular complexity index is 1230. The second-order valence-electron chi connectivity index (χ2n) is 9.94. The van der Waals surface area contributed by atoms with Crippen LogP contribution in [0.1, 0.15) is 50.9 Å². The molecule has 1 spiro atoms. The van der Waals surface area contributed by atoms with Crippen LogP contribution in [0.5, 0.6) is 11.5 Å². The van der Waals surface area contributed by atoms with Gasteiger partial charge >= 0.3 is 10.1 Å². The quantitative estimate of drug-likeness (QED) is 0.504.